The van der Waals surface area contributed by atoms with Crippen LogP contribution in [0, 0.1) is 0 Å². The van der Waals surface area contributed by atoms with Gasteiger partial charge in [0.2, 0.25) is 0 Å². The number of benzene rings is 8. The smallest absolute Gasteiger partial charge is 0.152 e. The number of hydrogen-bond donors (Lipinski definition) is 0. The topological polar surface area (TPSA) is 17.4 Å². The van der Waals surface area contributed by atoms with Crippen molar-refractivity contribution in [2.45, 2.75) is 0 Å². The minimum Gasteiger partial charge on any atom is -0.453 e. The zero-order valence-corrected chi connectivity index (χ0v) is 26.6. The normalized spacial score (nSPS) is 11.8. The van der Waals surface area contributed by atoms with E-state index in [0.717, 1.165) is 50.9 Å². The van der Waals surface area contributed by atoms with E-state index in [4.69, 9.17) is 4.74 Å². The molecule has 0 fully saturated rings. The van der Waals surface area contributed by atoms with Crippen molar-refractivity contribution in [1.82, 2.24) is 4.57 Å². The van der Waals surface area contributed by atoms with E-state index in [9.17, 15) is 0 Å². The van der Waals surface area contributed by atoms with Crippen LogP contribution in [0.25, 0.3) is 60.5 Å². The van der Waals surface area contributed by atoms with Gasteiger partial charge < -0.3 is 14.2 Å². The van der Waals surface area contributed by atoms with Gasteiger partial charge in [-0.2, -0.15) is 0 Å². The Morgan fingerprint density at radius 1 is 0.429 bits per heavy atom. The zero-order valence-electron chi connectivity index (χ0n) is 26.6. The van der Waals surface area contributed by atoms with Crippen LogP contribution in [-0.2, 0) is 0 Å². The van der Waals surface area contributed by atoms with Crippen LogP contribution >= 0.6 is 0 Å². The molecule has 1 aliphatic rings. The molecule has 3 heteroatoms. The molecule has 49 heavy (non-hydrogen) atoms. The van der Waals surface area contributed by atoms with E-state index >= 15 is 0 Å². The Morgan fingerprint density at radius 3 is 2.00 bits per heavy atom. The molecule has 9 aromatic rings. The molecule has 0 atom stereocenters. The highest BCUT2D eigenvalue weighted by Crippen LogP contribution is 2.47. The molecule has 0 saturated carbocycles. The molecule has 0 bridgehead atoms. The second kappa shape index (κ2) is 11.0. The van der Waals surface area contributed by atoms with Crippen LogP contribution in [0.4, 0.5) is 17.1 Å². The summed E-state index contributed by atoms with van der Waals surface area (Å²) in [5.41, 5.74) is 11.4. The molecule has 1 aliphatic heterocycles. The van der Waals surface area contributed by atoms with Crippen LogP contribution in [0.15, 0.2) is 182 Å². The molecule has 0 spiro atoms. The number of rotatable bonds is 5. The van der Waals surface area contributed by atoms with Crippen molar-refractivity contribution >= 4 is 49.6 Å². The summed E-state index contributed by atoms with van der Waals surface area (Å²) in [7, 11) is 0. The number of anilines is 3. The Kier molecular flexibility index (Phi) is 6.18. The number of nitrogens with zero attached hydrogens (tertiary/aromatic N) is 2. The van der Waals surface area contributed by atoms with Gasteiger partial charge in [0.1, 0.15) is 0 Å². The average Bonchev–Trinajstić information content (AvgIpc) is 3.52. The maximum atomic E-state index is 6.47. The third kappa shape index (κ3) is 4.37. The van der Waals surface area contributed by atoms with Gasteiger partial charge in [-0.3, -0.25) is 0 Å². The summed E-state index contributed by atoms with van der Waals surface area (Å²) >= 11 is 0. The molecule has 0 unspecified atom stereocenters. The Morgan fingerprint density at radius 2 is 1.10 bits per heavy atom. The largest absolute Gasteiger partial charge is 0.453 e. The molecule has 0 N–H and O–H groups in total. The number of para-hydroxylation sites is 3. The standard InChI is InChI=1S/C46H30N2O/c1-2-12-32(13-3-1)36-17-6-8-20-40(36)47(41-22-10-15-33-14-4-5-16-37(33)41)35-27-24-31(25-28-35)34-26-29-44-43(30-34)48-42-21-9-7-18-38(42)39-19-11-23-45(49-44)46(39)48/h1-30H. The predicted octanol–water partition coefficient (Wildman–Crippen LogP) is 12.8. The first-order valence-electron chi connectivity index (χ1n) is 16.7. The Hall–Kier alpha value is -6.58. The SMILES string of the molecule is c1ccc(-c2ccccc2N(c2ccc(-c3ccc4c(c3)-n3c5ccccc5c5cccc(c53)O4)cc2)c2cccc3ccccc23)cc1. The van der Waals surface area contributed by atoms with Gasteiger partial charge in [-0.15, -0.1) is 0 Å². The molecular formula is C46H30N2O. The molecule has 0 saturated heterocycles. The third-order valence-electron chi connectivity index (χ3n) is 9.77. The lowest BCUT2D eigenvalue weighted by atomic mass is 9.99. The van der Waals surface area contributed by atoms with Crippen molar-refractivity contribution in [2.75, 3.05) is 4.90 Å². The fourth-order valence-corrected chi connectivity index (χ4v) is 7.54. The summed E-state index contributed by atoms with van der Waals surface area (Å²) in [6.45, 7) is 0. The van der Waals surface area contributed by atoms with Gasteiger partial charge >= 0.3 is 0 Å². The van der Waals surface area contributed by atoms with Crippen LogP contribution in [0.5, 0.6) is 11.5 Å². The number of hydrogen-bond acceptors (Lipinski definition) is 2. The van der Waals surface area contributed by atoms with Crippen molar-refractivity contribution in [3.05, 3.63) is 182 Å². The Labute approximate surface area is 284 Å². The maximum Gasteiger partial charge on any atom is 0.152 e. The lowest BCUT2D eigenvalue weighted by Crippen LogP contribution is -2.11. The highest BCUT2D eigenvalue weighted by atomic mass is 16.5. The molecule has 1 aromatic heterocycles. The van der Waals surface area contributed by atoms with Crippen molar-refractivity contribution < 1.29 is 4.74 Å². The van der Waals surface area contributed by atoms with E-state index in [2.05, 4.69) is 191 Å². The summed E-state index contributed by atoms with van der Waals surface area (Å²) in [5.74, 6) is 1.75. The fraction of sp³-hybridized carbons (Fsp3) is 0. The van der Waals surface area contributed by atoms with Gasteiger partial charge in [-0.25, -0.2) is 0 Å². The highest BCUT2D eigenvalue weighted by Gasteiger charge is 2.24. The molecule has 2 heterocycles. The first-order valence-corrected chi connectivity index (χ1v) is 16.7. The van der Waals surface area contributed by atoms with Crippen LogP contribution < -0.4 is 9.64 Å². The minimum atomic E-state index is 0.862. The second-order valence-corrected chi connectivity index (χ2v) is 12.6. The van der Waals surface area contributed by atoms with Gasteiger partial charge in [0.15, 0.2) is 11.5 Å². The van der Waals surface area contributed by atoms with E-state index < -0.39 is 0 Å². The Balaban J connectivity index is 1.12. The molecule has 8 aromatic carbocycles. The van der Waals surface area contributed by atoms with Gasteiger partial charge in [-0.05, 0) is 70.6 Å². The summed E-state index contributed by atoms with van der Waals surface area (Å²) in [5, 5.41) is 4.85. The minimum absolute atomic E-state index is 0.862. The lowest BCUT2D eigenvalue weighted by Gasteiger charge is -2.29. The van der Waals surface area contributed by atoms with Crippen LogP contribution in [0.2, 0.25) is 0 Å². The van der Waals surface area contributed by atoms with Gasteiger partial charge in [0, 0.05) is 27.4 Å². The first-order chi connectivity index (χ1) is 24.3. The number of fused-ring (bicyclic) bond motifs is 6. The van der Waals surface area contributed by atoms with Crippen molar-refractivity contribution in [3.63, 3.8) is 0 Å². The first kappa shape index (κ1) is 27.5. The number of aromatic nitrogens is 1. The second-order valence-electron chi connectivity index (χ2n) is 12.6. The highest BCUT2D eigenvalue weighted by molar-refractivity contribution is 6.12. The number of ether oxygens (including phenoxy) is 1. The quantitative estimate of drug-likeness (QED) is 0.189. The van der Waals surface area contributed by atoms with Gasteiger partial charge in [0.25, 0.3) is 0 Å². The van der Waals surface area contributed by atoms with Crippen molar-refractivity contribution in [2.24, 2.45) is 0 Å². The molecule has 3 nitrogen and oxygen atoms in total. The van der Waals surface area contributed by atoms with Crippen LogP contribution in [0.1, 0.15) is 0 Å². The molecular weight excluding hydrogens is 597 g/mol. The van der Waals surface area contributed by atoms with Crippen molar-refractivity contribution in [3.8, 4) is 39.4 Å². The van der Waals surface area contributed by atoms with Crippen LogP contribution in [-0.4, -0.2) is 4.57 Å². The molecule has 10 rings (SSSR count). The van der Waals surface area contributed by atoms with Crippen molar-refractivity contribution in [1.29, 1.82) is 0 Å². The summed E-state index contributed by atoms with van der Waals surface area (Å²) in [6, 6.07) is 65.0. The molecule has 0 radical (unpaired) electrons. The van der Waals surface area contributed by atoms with Gasteiger partial charge in [-0.1, -0.05) is 133 Å². The van der Waals surface area contributed by atoms with E-state index in [1.807, 2.05) is 0 Å². The molecule has 0 aliphatic carbocycles. The summed E-state index contributed by atoms with van der Waals surface area (Å²) in [4.78, 5) is 2.40. The fourth-order valence-electron chi connectivity index (χ4n) is 7.54. The lowest BCUT2D eigenvalue weighted by molar-refractivity contribution is 0.476. The van der Waals surface area contributed by atoms with Gasteiger partial charge in [0.05, 0.1) is 28.1 Å². The predicted molar refractivity (Wildman–Crippen MR) is 204 cm³/mol. The van der Waals surface area contributed by atoms with E-state index in [1.54, 1.807) is 0 Å². The molecule has 230 valence electrons. The summed E-state index contributed by atoms with van der Waals surface area (Å²) < 4.78 is 8.83. The van der Waals surface area contributed by atoms with E-state index in [-0.39, 0.29) is 0 Å². The average molecular weight is 627 g/mol. The van der Waals surface area contributed by atoms with Crippen LogP contribution in [0.3, 0.4) is 0 Å². The maximum absolute atomic E-state index is 6.47. The van der Waals surface area contributed by atoms with E-state index in [1.165, 1.54) is 38.2 Å². The molecule has 0 amide bonds. The van der Waals surface area contributed by atoms with E-state index in [0.29, 0.717) is 0 Å². The third-order valence-corrected chi connectivity index (χ3v) is 9.77. The monoisotopic (exact) mass is 626 g/mol. The Bertz CT molecular complexity index is 2680. The summed E-state index contributed by atoms with van der Waals surface area (Å²) in [6.07, 6.45) is 0. The zero-order chi connectivity index (χ0) is 32.3.